The van der Waals surface area contributed by atoms with Crippen molar-refractivity contribution in [2.24, 2.45) is 0 Å². The second-order valence-corrected chi connectivity index (χ2v) is 4.27. The maximum absolute atomic E-state index is 11.7. The summed E-state index contributed by atoms with van der Waals surface area (Å²) in [6.45, 7) is 3.69. The number of nitrogens with one attached hydrogen (secondary N) is 1. The number of nitro groups is 1. The molecule has 7 heteroatoms. The summed E-state index contributed by atoms with van der Waals surface area (Å²) in [5, 5.41) is 22.6. The van der Waals surface area contributed by atoms with E-state index >= 15 is 0 Å². The Hall–Kier alpha value is -2.15. The fraction of sp³-hybridized carbons (Fsp3) is 0.462. The van der Waals surface area contributed by atoms with Crippen LogP contribution < -0.4 is 10.1 Å². The van der Waals surface area contributed by atoms with E-state index in [4.69, 9.17) is 9.84 Å². The minimum atomic E-state index is -0.853. The third kappa shape index (κ3) is 4.20. The van der Waals surface area contributed by atoms with Gasteiger partial charge in [0.1, 0.15) is 0 Å². The van der Waals surface area contributed by atoms with Crippen LogP contribution >= 0.6 is 0 Å². The second kappa shape index (κ2) is 7.44. The van der Waals surface area contributed by atoms with Gasteiger partial charge < -0.3 is 15.2 Å². The molecule has 0 aliphatic carbocycles. The summed E-state index contributed by atoms with van der Waals surface area (Å²) in [6, 6.07) is 4.05. The van der Waals surface area contributed by atoms with Crippen molar-refractivity contribution in [2.45, 2.75) is 33.0 Å². The Morgan fingerprint density at radius 1 is 1.55 bits per heavy atom. The molecule has 0 saturated heterocycles. The van der Waals surface area contributed by atoms with E-state index in [0.29, 0.717) is 12.1 Å². The van der Waals surface area contributed by atoms with E-state index in [0.717, 1.165) is 6.42 Å². The van der Waals surface area contributed by atoms with Crippen molar-refractivity contribution in [3.63, 3.8) is 0 Å². The van der Waals surface area contributed by atoms with E-state index in [1.54, 1.807) is 0 Å². The molecule has 110 valence electrons. The molecule has 0 heterocycles. The molecule has 0 saturated carbocycles. The number of carbonyl (C=O) groups excluding carboxylic acids is 1. The minimum absolute atomic E-state index is 0.0271. The van der Waals surface area contributed by atoms with E-state index in [1.807, 2.05) is 6.92 Å². The van der Waals surface area contributed by atoms with Crippen LogP contribution in [-0.2, 0) is 11.4 Å². The number of nitro benzene ring substituents is 1. The number of benzene rings is 1. The molecular weight excluding hydrogens is 264 g/mol. The quantitative estimate of drug-likeness (QED) is 0.581. The molecule has 0 fully saturated rings. The Morgan fingerprint density at radius 2 is 2.25 bits per heavy atom. The van der Waals surface area contributed by atoms with Crippen molar-refractivity contribution in [1.82, 2.24) is 5.32 Å². The second-order valence-electron chi connectivity index (χ2n) is 4.27. The number of hydrogen-bond acceptors (Lipinski definition) is 5. The van der Waals surface area contributed by atoms with Crippen LogP contribution in [0.4, 0.5) is 5.69 Å². The van der Waals surface area contributed by atoms with Crippen molar-refractivity contribution in [3.05, 3.63) is 33.9 Å². The normalized spacial score (nSPS) is 11.8. The van der Waals surface area contributed by atoms with Gasteiger partial charge in [-0.2, -0.15) is 0 Å². The minimum Gasteiger partial charge on any atom is -0.474 e. The van der Waals surface area contributed by atoms with Gasteiger partial charge in [-0.25, -0.2) is 0 Å². The van der Waals surface area contributed by atoms with Crippen LogP contribution in [0.2, 0.25) is 0 Å². The molecule has 1 amide bonds. The Morgan fingerprint density at radius 3 is 2.80 bits per heavy atom. The lowest BCUT2D eigenvalue weighted by Gasteiger charge is -2.15. The number of carbonyl (C=O) groups is 1. The number of nitrogens with zero attached hydrogens (tertiary/aromatic N) is 1. The van der Waals surface area contributed by atoms with E-state index in [1.165, 1.54) is 25.1 Å². The van der Waals surface area contributed by atoms with Crippen molar-refractivity contribution in [3.8, 4) is 5.75 Å². The molecule has 0 aromatic heterocycles. The number of amides is 1. The highest BCUT2D eigenvalue weighted by Gasteiger charge is 2.21. The summed E-state index contributed by atoms with van der Waals surface area (Å²) < 4.78 is 5.34. The van der Waals surface area contributed by atoms with E-state index in [9.17, 15) is 14.9 Å². The molecule has 0 aliphatic heterocycles. The van der Waals surface area contributed by atoms with Gasteiger partial charge in [-0.05, 0) is 31.0 Å². The number of rotatable bonds is 7. The molecule has 0 bridgehead atoms. The molecule has 1 aromatic rings. The van der Waals surface area contributed by atoms with E-state index < -0.39 is 11.0 Å². The molecule has 0 radical (unpaired) electrons. The van der Waals surface area contributed by atoms with E-state index in [2.05, 4.69) is 5.32 Å². The summed E-state index contributed by atoms with van der Waals surface area (Å²) >= 11 is 0. The summed E-state index contributed by atoms with van der Waals surface area (Å²) in [6.07, 6.45) is -0.0623. The number of ether oxygens (including phenoxy) is 1. The van der Waals surface area contributed by atoms with Crippen LogP contribution in [0, 0.1) is 10.1 Å². The lowest BCUT2D eigenvalue weighted by atomic mass is 10.2. The van der Waals surface area contributed by atoms with Crippen molar-refractivity contribution in [2.75, 3.05) is 6.54 Å². The molecular formula is C13H18N2O5. The lowest BCUT2D eigenvalue weighted by Crippen LogP contribution is -2.36. The standard InChI is InChI=1S/C13H18N2O5/c1-3-6-14-13(17)9(2)20-12-7-10(8-16)4-5-11(12)15(18)19/h4-5,7,9,16H,3,6,8H2,1-2H3,(H,14,17). The third-order valence-corrected chi connectivity index (χ3v) is 2.63. The first-order chi connectivity index (χ1) is 9.49. The average molecular weight is 282 g/mol. The number of hydrogen-bond donors (Lipinski definition) is 2. The van der Waals surface area contributed by atoms with Gasteiger partial charge in [-0.3, -0.25) is 14.9 Å². The van der Waals surface area contributed by atoms with Crippen LogP contribution in [-0.4, -0.2) is 28.6 Å². The first kappa shape index (κ1) is 15.9. The summed E-state index contributed by atoms with van der Waals surface area (Å²) in [4.78, 5) is 22.0. The molecule has 1 atom stereocenters. The van der Waals surface area contributed by atoms with Crippen molar-refractivity contribution in [1.29, 1.82) is 0 Å². The maximum atomic E-state index is 11.7. The number of aliphatic hydroxyl groups excluding tert-OH is 1. The summed E-state index contributed by atoms with van der Waals surface area (Å²) in [7, 11) is 0. The molecule has 20 heavy (non-hydrogen) atoms. The van der Waals surface area contributed by atoms with Gasteiger partial charge in [0.05, 0.1) is 11.5 Å². The van der Waals surface area contributed by atoms with Crippen LogP contribution in [0.1, 0.15) is 25.8 Å². The Kier molecular flexibility index (Phi) is 5.92. The Labute approximate surface area is 116 Å². The molecule has 0 spiro atoms. The van der Waals surface area contributed by atoms with Crippen LogP contribution in [0.5, 0.6) is 5.75 Å². The molecule has 7 nitrogen and oxygen atoms in total. The highest BCUT2D eigenvalue weighted by atomic mass is 16.6. The van der Waals surface area contributed by atoms with Crippen LogP contribution in [0.3, 0.4) is 0 Å². The highest BCUT2D eigenvalue weighted by molar-refractivity contribution is 5.80. The van der Waals surface area contributed by atoms with Gasteiger partial charge in [0.25, 0.3) is 5.91 Å². The zero-order valence-corrected chi connectivity index (χ0v) is 11.5. The fourth-order valence-electron chi connectivity index (χ4n) is 1.54. The summed E-state index contributed by atoms with van der Waals surface area (Å²) in [5.74, 6) is -0.365. The SMILES string of the molecule is CCCNC(=O)C(C)Oc1cc(CO)ccc1[N+](=O)[O-]. The molecule has 1 unspecified atom stereocenters. The first-order valence-electron chi connectivity index (χ1n) is 6.32. The lowest BCUT2D eigenvalue weighted by molar-refractivity contribution is -0.386. The zero-order valence-electron chi connectivity index (χ0n) is 11.5. The fourth-order valence-corrected chi connectivity index (χ4v) is 1.54. The zero-order chi connectivity index (χ0) is 15.1. The highest BCUT2D eigenvalue weighted by Crippen LogP contribution is 2.28. The Bertz CT molecular complexity index is 490. The van der Waals surface area contributed by atoms with Gasteiger partial charge in [0.2, 0.25) is 0 Å². The number of aliphatic hydroxyl groups is 1. The predicted molar refractivity (Wildman–Crippen MR) is 72.4 cm³/mol. The van der Waals surface area contributed by atoms with Gasteiger partial charge in [0, 0.05) is 12.6 Å². The topological polar surface area (TPSA) is 102 Å². The van der Waals surface area contributed by atoms with Gasteiger partial charge in [-0.15, -0.1) is 0 Å². The smallest absolute Gasteiger partial charge is 0.310 e. The molecule has 1 aromatic carbocycles. The summed E-state index contributed by atoms with van der Waals surface area (Å²) in [5.41, 5.74) is 0.240. The maximum Gasteiger partial charge on any atom is 0.310 e. The molecule has 1 rings (SSSR count). The van der Waals surface area contributed by atoms with Gasteiger partial charge >= 0.3 is 5.69 Å². The van der Waals surface area contributed by atoms with Crippen LogP contribution in [0.15, 0.2) is 18.2 Å². The predicted octanol–water partition coefficient (Wildman–Crippen LogP) is 1.38. The third-order valence-electron chi connectivity index (χ3n) is 2.63. The van der Waals surface area contributed by atoms with Crippen molar-refractivity contribution < 1.29 is 19.6 Å². The first-order valence-corrected chi connectivity index (χ1v) is 6.32. The largest absolute Gasteiger partial charge is 0.474 e. The molecule has 2 N–H and O–H groups in total. The molecule has 0 aliphatic rings. The van der Waals surface area contributed by atoms with Gasteiger partial charge in [0.15, 0.2) is 11.9 Å². The average Bonchev–Trinajstić information content (AvgIpc) is 2.44. The van der Waals surface area contributed by atoms with Crippen molar-refractivity contribution >= 4 is 11.6 Å². The Balaban J connectivity index is 2.89. The van der Waals surface area contributed by atoms with Crippen LogP contribution in [0.25, 0.3) is 0 Å². The van der Waals surface area contributed by atoms with E-state index in [-0.39, 0.29) is 24.0 Å². The monoisotopic (exact) mass is 282 g/mol. The van der Waals surface area contributed by atoms with Gasteiger partial charge in [-0.1, -0.05) is 6.92 Å².